The van der Waals surface area contributed by atoms with Gasteiger partial charge in [-0.1, -0.05) is 16.8 Å². The van der Waals surface area contributed by atoms with Gasteiger partial charge in [0.25, 0.3) is 5.89 Å². The van der Waals surface area contributed by atoms with Crippen molar-refractivity contribution >= 4 is 23.2 Å². The zero-order chi connectivity index (χ0) is 19.0. The lowest BCUT2D eigenvalue weighted by molar-refractivity contribution is -0.141. The van der Waals surface area contributed by atoms with E-state index < -0.39 is 11.7 Å². The molecule has 0 atom stereocenters. The van der Waals surface area contributed by atoms with Gasteiger partial charge < -0.3 is 9.26 Å². The number of pyridine rings is 1. The molecule has 0 spiro atoms. The minimum atomic E-state index is -0.579. The molecule has 9 nitrogen and oxygen atoms in total. The molecule has 0 amide bonds. The smallest absolute Gasteiger partial charge is 0.350 e. The minimum absolute atomic E-state index is 0.195. The Morgan fingerprint density at radius 3 is 2.78 bits per heavy atom. The summed E-state index contributed by atoms with van der Waals surface area (Å²) in [5, 5.41) is 8.76. The topological polar surface area (TPSA) is 105 Å². The number of halogens is 1. The van der Waals surface area contributed by atoms with Gasteiger partial charge in [0.05, 0.1) is 12.7 Å². The van der Waals surface area contributed by atoms with Crippen LogP contribution in [0.1, 0.15) is 0 Å². The van der Waals surface area contributed by atoms with Crippen LogP contribution in [-0.4, -0.2) is 37.4 Å². The highest BCUT2D eigenvalue weighted by Gasteiger charge is 2.18. The molecule has 0 radical (unpaired) electrons. The molecule has 0 unspecified atom stereocenters. The van der Waals surface area contributed by atoms with Gasteiger partial charge in [-0.05, 0) is 36.4 Å². The Balaban J connectivity index is 1.78. The first-order valence-electron chi connectivity index (χ1n) is 7.82. The molecular formula is C17H12ClN5O4. The van der Waals surface area contributed by atoms with Crippen LogP contribution in [0.15, 0.2) is 51.9 Å². The largest absolute Gasteiger partial charge is 0.468 e. The molecule has 0 fully saturated rings. The third kappa shape index (κ3) is 3.08. The van der Waals surface area contributed by atoms with Crippen LogP contribution in [0.5, 0.6) is 0 Å². The molecule has 136 valence electrons. The van der Waals surface area contributed by atoms with Gasteiger partial charge in [-0.25, -0.2) is 13.9 Å². The molecule has 0 aliphatic rings. The average Bonchev–Trinajstić information content (AvgIpc) is 3.28. The van der Waals surface area contributed by atoms with Gasteiger partial charge in [-0.15, -0.1) is 5.10 Å². The summed E-state index contributed by atoms with van der Waals surface area (Å²) >= 11 is 5.89. The van der Waals surface area contributed by atoms with Crippen molar-refractivity contribution in [3.63, 3.8) is 0 Å². The molecule has 0 aliphatic heterocycles. The standard InChI is InChI=1S/C17H12ClN5O4/c1-26-13(24)9-23-17(25)22-8-2-3-12(15(22)20-23)16-19-14(21-27-16)10-4-6-11(18)7-5-10/h2-8H,9H2,1H3. The van der Waals surface area contributed by atoms with Crippen molar-refractivity contribution in [1.82, 2.24) is 24.3 Å². The van der Waals surface area contributed by atoms with E-state index in [-0.39, 0.29) is 18.1 Å². The Bertz CT molecular complexity index is 1190. The molecule has 0 N–H and O–H groups in total. The Hall–Kier alpha value is -3.46. The van der Waals surface area contributed by atoms with Crippen molar-refractivity contribution < 1.29 is 14.1 Å². The average molecular weight is 386 g/mol. The monoisotopic (exact) mass is 385 g/mol. The number of esters is 1. The van der Waals surface area contributed by atoms with Crippen LogP contribution < -0.4 is 5.69 Å². The van der Waals surface area contributed by atoms with Crippen LogP contribution in [0.2, 0.25) is 5.02 Å². The van der Waals surface area contributed by atoms with Crippen LogP contribution in [0.3, 0.4) is 0 Å². The quantitative estimate of drug-likeness (QED) is 0.495. The number of nitrogens with zero attached hydrogens (tertiary/aromatic N) is 5. The van der Waals surface area contributed by atoms with E-state index in [4.69, 9.17) is 16.1 Å². The van der Waals surface area contributed by atoms with Crippen LogP contribution in [-0.2, 0) is 16.1 Å². The highest BCUT2D eigenvalue weighted by atomic mass is 35.5. The molecule has 3 aromatic heterocycles. The maximum atomic E-state index is 12.4. The fraction of sp³-hybridized carbons (Fsp3) is 0.118. The summed E-state index contributed by atoms with van der Waals surface area (Å²) in [4.78, 5) is 28.2. The molecule has 3 heterocycles. The van der Waals surface area contributed by atoms with E-state index in [0.29, 0.717) is 16.4 Å². The summed E-state index contributed by atoms with van der Waals surface area (Å²) < 4.78 is 12.2. The van der Waals surface area contributed by atoms with Crippen LogP contribution in [0.4, 0.5) is 0 Å². The first-order chi connectivity index (χ1) is 13.1. The maximum Gasteiger partial charge on any atom is 0.350 e. The Morgan fingerprint density at radius 1 is 1.26 bits per heavy atom. The van der Waals surface area contributed by atoms with Gasteiger partial charge in [0, 0.05) is 16.8 Å². The van der Waals surface area contributed by atoms with E-state index in [2.05, 4.69) is 20.0 Å². The first kappa shape index (κ1) is 17.0. The maximum absolute atomic E-state index is 12.4. The highest BCUT2D eigenvalue weighted by Crippen LogP contribution is 2.25. The van der Waals surface area contributed by atoms with Crippen molar-refractivity contribution in [2.45, 2.75) is 6.54 Å². The molecular weight excluding hydrogens is 374 g/mol. The zero-order valence-corrected chi connectivity index (χ0v) is 14.8. The molecule has 1 aromatic carbocycles. The first-order valence-corrected chi connectivity index (χ1v) is 8.19. The molecule has 4 rings (SSSR count). The van der Waals surface area contributed by atoms with Gasteiger partial charge in [-0.3, -0.25) is 4.79 Å². The summed E-state index contributed by atoms with van der Waals surface area (Å²) in [7, 11) is 1.24. The number of methoxy groups -OCH3 is 1. The van der Waals surface area contributed by atoms with Crippen LogP contribution >= 0.6 is 11.6 Å². The number of rotatable bonds is 4. The zero-order valence-electron chi connectivity index (χ0n) is 14.0. The fourth-order valence-electron chi connectivity index (χ4n) is 2.54. The molecule has 10 heteroatoms. The van der Waals surface area contributed by atoms with Crippen molar-refractivity contribution in [1.29, 1.82) is 0 Å². The highest BCUT2D eigenvalue weighted by molar-refractivity contribution is 6.30. The van der Waals surface area contributed by atoms with Crippen molar-refractivity contribution in [2.24, 2.45) is 0 Å². The van der Waals surface area contributed by atoms with Gasteiger partial charge in [0.2, 0.25) is 5.82 Å². The number of benzene rings is 1. The fourth-order valence-corrected chi connectivity index (χ4v) is 2.67. The molecule has 27 heavy (non-hydrogen) atoms. The molecule has 4 aromatic rings. The lowest BCUT2D eigenvalue weighted by Crippen LogP contribution is -2.25. The van der Waals surface area contributed by atoms with E-state index >= 15 is 0 Å². The van der Waals surface area contributed by atoms with E-state index in [0.717, 1.165) is 10.2 Å². The van der Waals surface area contributed by atoms with Crippen molar-refractivity contribution in [3.05, 3.63) is 58.1 Å². The Kier molecular flexibility index (Phi) is 4.21. The molecule has 0 saturated heterocycles. The Morgan fingerprint density at radius 2 is 2.04 bits per heavy atom. The summed E-state index contributed by atoms with van der Waals surface area (Å²) in [6.07, 6.45) is 1.54. The van der Waals surface area contributed by atoms with Gasteiger partial charge in [-0.2, -0.15) is 4.98 Å². The lowest BCUT2D eigenvalue weighted by atomic mass is 10.2. The second-order valence-corrected chi connectivity index (χ2v) is 6.00. The SMILES string of the molecule is COC(=O)Cn1nc2c(-c3nc(-c4ccc(Cl)cc4)no3)cccn2c1=O. The van der Waals surface area contributed by atoms with E-state index in [1.165, 1.54) is 11.5 Å². The van der Waals surface area contributed by atoms with Crippen LogP contribution in [0.25, 0.3) is 28.5 Å². The predicted octanol–water partition coefficient (Wildman–Crippen LogP) is 2.04. The van der Waals surface area contributed by atoms with Gasteiger partial charge >= 0.3 is 11.7 Å². The number of aromatic nitrogens is 5. The lowest BCUT2D eigenvalue weighted by Gasteiger charge is -1.96. The van der Waals surface area contributed by atoms with Crippen LogP contribution in [0, 0.1) is 0 Å². The van der Waals surface area contributed by atoms with E-state index in [1.54, 1.807) is 42.6 Å². The van der Waals surface area contributed by atoms with Crippen molar-refractivity contribution in [2.75, 3.05) is 7.11 Å². The third-order valence-corrected chi connectivity index (χ3v) is 4.13. The number of hydrogen-bond acceptors (Lipinski definition) is 7. The second-order valence-electron chi connectivity index (χ2n) is 5.56. The molecule has 0 bridgehead atoms. The third-order valence-electron chi connectivity index (χ3n) is 3.87. The predicted molar refractivity (Wildman–Crippen MR) is 95.2 cm³/mol. The summed E-state index contributed by atoms with van der Waals surface area (Å²) in [6.45, 7) is -0.295. The Labute approximate surface area is 156 Å². The van der Waals surface area contributed by atoms with Gasteiger partial charge in [0.1, 0.15) is 6.54 Å². The number of ether oxygens (including phenoxy) is 1. The summed E-state index contributed by atoms with van der Waals surface area (Å²) in [5.74, 6) is -0.00866. The summed E-state index contributed by atoms with van der Waals surface area (Å²) in [5.41, 5.74) is 1.01. The second kappa shape index (κ2) is 6.69. The van der Waals surface area contributed by atoms with Gasteiger partial charge in [0.15, 0.2) is 5.65 Å². The molecule has 0 saturated carbocycles. The minimum Gasteiger partial charge on any atom is -0.468 e. The number of carbonyl (C=O) groups excluding carboxylic acids is 1. The number of fused-ring (bicyclic) bond motifs is 1. The molecule has 0 aliphatic carbocycles. The normalized spacial score (nSPS) is 11.0. The van der Waals surface area contributed by atoms with E-state index in [9.17, 15) is 9.59 Å². The van der Waals surface area contributed by atoms with E-state index in [1.807, 2.05) is 0 Å². The summed E-state index contributed by atoms with van der Waals surface area (Å²) in [6, 6.07) is 10.3. The van der Waals surface area contributed by atoms with Crippen molar-refractivity contribution in [3.8, 4) is 22.8 Å². The number of hydrogen-bond donors (Lipinski definition) is 0. The number of carbonyl (C=O) groups is 1.